The van der Waals surface area contributed by atoms with Crippen LogP contribution in [0.15, 0.2) is 48.5 Å². The predicted octanol–water partition coefficient (Wildman–Crippen LogP) is 2.80. The van der Waals surface area contributed by atoms with Crippen LogP contribution < -0.4 is 0 Å². The lowest BCUT2D eigenvalue weighted by atomic mass is 10.2. The van der Waals surface area contributed by atoms with Crippen molar-refractivity contribution in [1.29, 1.82) is 0 Å². The van der Waals surface area contributed by atoms with Crippen molar-refractivity contribution in [3.8, 4) is 5.75 Å². The zero-order valence-electron chi connectivity index (χ0n) is 10.9. The largest absolute Gasteiger partial charge is 0.508 e. The van der Waals surface area contributed by atoms with Crippen molar-refractivity contribution in [3.05, 3.63) is 78.9 Å². The van der Waals surface area contributed by atoms with E-state index < -0.39 is 31.8 Å². The maximum absolute atomic E-state index is 10.4. The highest BCUT2D eigenvalue weighted by molar-refractivity contribution is 5.65. The number of phenolic OH excluding ortho intramolecular Hbond substituents is 1. The Morgan fingerprint density at radius 1 is 0.682 bits per heavy atom. The summed E-state index contributed by atoms with van der Waals surface area (Å²) in [5, 5.41) is 39.8. The van der Waals surface area contributed by atoms with Crippen LogP contribution in [0.25, 0.3) is 0 Å². The molecule has 0 aliphatic rings. The Balaban J connectivity index is 0.000000287. The molecule has 0 heterocycles. The summed E-state index contributed by atoms with van der Waals surface area (Å²) >= 11 is 0. The van der Waals surface area contributed by atoms with Crippen molar-refractivity contribution in [2.45, 2.75) is 0 Å². The van der Waals surface area contributed by atoms with Crippen molar-refractivity contribution in [3.63, 3.8) is 0 Å². The maximum atomic E-state index is 10.4. The molecule has 2 aromatic rings. The molecule has 0 aromatic heterocycles. The molecule has 0 aliphatic carbocycles. The Hall–Kier alpha value is -3.56. The normalized spacial score (nSPS) is 9.27. The van der Waals surface area contributed by atoms with Crippen LogP contribution in [0.3, 0.4) is 0 Å². The minimum absolute atomic E-state index is 0.322. The first kappa shape index (κ1) is 16.5. The molecule has 0 spiro atoms. The van der Waals surface area contributed by atoms with Crippen LogP contribution in [0.5, 0.6) is 5.75 Å². The lowest BCUT2D eigenvalue weighted by molar-refractivity contribution is -0.441. The molecule has 0 amide bonds. The average Bonchev–Trinajstić information content (AvgIpc) is 2.47. The molecule has 114 valence electrons. The lowest BCUT2D eigenvalue weighted by Crippen LogP contribution is -2.00. The van der Waals surface area contributed by atoms with Gasteiger partial charge in [0.05, 0.1) is 14.8 Å². The van der Waals surface area contributed by atoms with Gasteiger partial charge in [-0.3, -0.25) is 30.3 Å². The third-order valence-corrected chi connectivity index (χ3v) is 2.33. The van der Waals surface area contributed by atoms with Gasteiger partial charge in [-0.2, -0.15) is 0 Å². The number of nitro benzene ring substituents is 3. The first-order chi connectivity index (χ1) is 10.3. The molecule has 0 saturated heterocycles. The van der Waals surface area contributed by atoms with Gasteiger partial charge in [-0.05, 0) is 18.2 Å². The summed E-state index contributed by atoms with van der Waals surface area (Å²) in [6.45, 7) is 0. The minimum Gasteiger partial charge on any atom is -0.508 e. The smallest absolute Gasteiger partial charge is 0.422 e. The van der Waals surface area contributed by atoms with Gasteiger partial charge in [0.25, 0.3) is 0 Å². The molecule has 22 heavy (non-hydrogen) atoms. The fourth-order valence-corrected chi connectivity index (χ4v) is 1.43. The highest BCUT2D eigenvalue weighted by Crippen LogP contribution is 2.35. The third kappa shape index (κ3) is 4.23. The maximum Gasteiger partial charge on any atom is 0.422 e. The van der Waals surface area contributed by atoms with Crippen molar-refractivity contribution in [2.75, 3.05) is 0 Å². The molecule has 2 rings (SSSR count). The van der Waals surface area contributed by atoms with Crippen molar-refractivity contribution >= 4 is 17.1 Å². The number of rotatable bonds is 3. The molecule has 1 N–H and O–H groups in total. The van der Waals surface area contributed by atoms with Gasteiger partial charge < -0.3 is 5.11 Å². The molecule has 0 bridgehead atoms. The number of phenols is 1. The molecule has 0 saturated carbocycles. The van der Waals surface area contributed by atoms with Gasteiger partial charge in [0.2, 0.25) is 0 Å². The van der Waals surface area contributed by atoms with E-state index in [9.17, 15) is 30.3 Å². The minimum atomic E-state index is -1.14. The summed E-state index contributed by atoms with van der Waals surface area (Å²) < 4.78 is 0. The van der Waals surface area contributed by atoms with E-state index in [4.69, 9.17) is 5.11 Å². The highest BCUT2D eigenvalue weighted by atomic mass is 16.6. The first-order valence-electron chi connectivity index (χ1n) is 5.64. The van der Waals surface area contributed by atoms with Crippen LogP contribution in [0.4, 0.5) is 17.1 Å². The summed E-state index contributed by atoms with van der Waals surface area (Å²) in [5.41, 5.74) is -2.89. The van der Waals surface area contributed by atoms with Gasteiger partial charge in [-0.1, -0.05) is 18.2 Å². The van der Waals surface area contributed by atoms with Crippen molar-refractivity contribution in [1.82, 2.24) is 0 Å². The van der Waals surface area contributed by atoms with E-state index in [1.165, 1.54) is 0 Å². The molecule has 10 heteroatoms. The van der Waals surface area contributed by atoms with Crippen LogP contribution in [0.1, 0.15) is 0 Å². The number of para-hydroxylation sites is 2. The summed E-state index contributed by atoms with van der Waals surface area (Å²) in [6.07, 6.45) is 0. The van der Waals surface area contributed by atoms with Gasteiger partial charge in [0, 0.05) is 12.1 Å². The summed E-state index contributed by atoms with van der Waals surface area (Å²) in [4.78, 5) is 28.0. The second-order valence-corrected chi connectivity index (χ2v) is 3.75. The number of benzene rings is 2. The topological polar surface area (TPSA) is 150 Å². The van der Waals surface area contributed by atoms with E-state index in [-0.39, 0.29) is 0 Å². The lowest BCUT2D eigenvalue weighted by Gasteiger charge is -1.95. The van der Waals surface area contributed by atoms with Crippen molar-refractivity contribution in [2.24, 2.45) is 0 Å². The Morgan fingerprint density at radius 3 is 1.41 bits per heavy atom. The molecule has 0 atom stereocenters. The second kappa shape index (κ2) is 7.28. The Bertz CT molecular complexity index is 671. The number of hydrogen-bond donors (Lipinski definition) is 1. The first-order valence-corrected chi connectivity index (χ1v) is 5.64. The zero-order valence-corrected chi connectivity index (χ0v) is 10.9. The fraction of sp³-hybridized carbons (Fsp3) is 0. The van der Waals surface area contributed by atoms with E-state index in [0.717, 1.165) is 18.2 Å². The van der Waals surface area contributed by atoms with E-state index in [1.807, 2.05) is 6.07 Å². The molecular weight excluding hydrogens is 298 g/mol. The summed E-state index contributed by atoms with van der Waals surface area (Å²) in [6, 6.07) is 11.4. The Kier molecular flexibility index (Phi) is 5.46. The number of nitrogens with zero attached hydrogens (tertiary/aromatic N) is 3. The van der Waals surface area contributed by atoms with E-state index in [1.54, 1.807) is 24.3 Å². The quantitative estimate of drug-likeness (QED) is 0.676. The number of aromatic hydroxyl groups is 1. The molecule has 0 unspecified atom stereocenters. The summed E-state index contributed by atoms with van der Waals surface area (Å²) in [5.74, 6) is 0.322. The predicted molar refractivity (Wildman–Crippen MR) is 74.5 cm³/mol. The van der Waals surface area contributed by atoms with E-state index >= 15 is 0 Å². The molecule has 0 fully saturated rings. The Morgan fingerprint density at radius 2 is 1.14 bits per heavy atom. The average molecular weight is 307 g/mol. The SMILES string of the molecule is O=[N+]([O-])c1cccc([N+](=O)[O-])c1[N+](=O)[O-].Oc1ccccc1. The second-order valence-electron chi connectivity index (χ2n) is 3.75. The van der Waals surface area contributed by atoms with Gasteiger partial charge in [0.15, 0.2) is 0 Å². The number of hydrogen-bond acceptors (Lipinski definition) is 7. The van der Waals surface area contributed by atoms with Gasteiger partial charge in [-0.15, -0.1) is 0 Å². The molecular formula is C12H9N3O7. The standard InChI is InChI=1S/C6H3N3O6.C6H6O/c10-7(11)4-2-1-3-5(8(12)13)6(4)9(14)15;7-6-4-2-1-3-5-6/h1-3H;1-5,7H. The van der Waals surface area contributed by atoms with Crippen LogP contribution in [-0.2, 0) is 0 Å². The molecule has 0 radical (unpaired) electrons. The van der Waals surface area contributed by atoms with E-state index in [2.05, 4.69) is 0 Å². The van der Waals surface area contributed by atoms with Gasteiger partial charge >= 0.3 is 17.1 Å². The van der Waals surface area contributed by atoms with Crippen LogP contribution in [0, 0.1) is 30.3 Å². The highest BCUT2D eigenvalue weighted by Gasteiger charge is 2.34. The van der Waals surface area contributed by atoms with Crippen LogP contribution in [0.2, 0.25) is 0 Å². The van der Waals surface area contributed by atoms with Crippen molar-refractivity contribution < 1.29 is 19.9 Å². The number of nitro groups is 3. The van der Waals surface area contributed by atoms with Crippen LogP contribution >= 0.6 is 0 Å². The third-order valence-electron chi connectivity index (χ3n) is 2.33. The van der Waals surface area contributed by atoms with E-state index in [0.29, 0.717) is 5.75 Å². The van der Waals surface area contributed by atoms with Gasteiger partial charge in [-0.25, -0.2) is 0 Å². The van der Waals surface area contributed by atoms with Crippen LogP contribution in [-0.4, -0.2) is 19.9 Å². The fourth-order valence-electron chi connectivity index (χ4n) is 1.43. The monoisotopic (exact) mass is 307 g/mol. The molecule has 2 aromatic carbocycles. The molecule has 10 nitrogen and oxygen atoms in total. The van der Waals surface area contributed by atoms with Gasteiger partial charge in [0.1, 0.15) is 5.75 Å². The molecule has 0 aliphatic heterocycles. The Labute approximate surface area is 122 Å². The zero-order chi connectivity index (χ0) is 16.7. The summed E-state index contributed by atoms with van der Waals surface area (Å²) in [7, 11) is 0.